The van der Waals surface area contributed by atoms with Gasteiger partial charge >= 0.3 is 6.18 Å². The van der Waals surface area contributed by atoms with Crippen molar-refractivity contribution in [2.45, 2.75) is 31.3 Å². The lowest BCUT2D eigenvalue weighted by Crippen LogP contribution is -2.10. The van der Waals surface area contributed by atoms with Crippen molar-refractivity contribution < 1.29 is 17.6 Å². The molecule has 1 unspecified atom stereocenters. The van der Waals surface area contributed by atoms with Gasteiger partial charge in [0.05, 0.1) is 5.56 Å². The summed E-state index contributed by atoms with van der Waals surface area (Å²) in [6, 6.07) is 2.72. The van der Waals surface area contributed by atoms with Crippen LogP contribution < -0.4 is 0 Å². The SMILES string of the molecule is CC(Cl)CCc1ccc(F)cc1C(F)(F)F. The third-order valence-electron chi connectivity index (χ3n) is 2.19. The van der Waals surface area contributed by atoms with E-state index in [1.165, 1.54) is 0 Å². The molecule has 16 heavy (non-hydrogen) atoms. The fourth-order valence-electron chi connectivity index (χ4n) is 1.38. The number of aryl methyl sites for hydroxylation is 1. The van der Waals surface area contributed by atoms with E-state index in [-0.39, 0.29) is 17.4 Å². The van der Waals surface area contributed by atoms with E-state index in [0.29, 0.717) is 12.5 Å². The van der Waals surface area contributed by atoms with Crippen LogP contribution in [0.2, 0.25) is 0 Å². The monoisotopic (exact) mass is 254 g/mol. The van der Waals surface area contributed by atoms with Gasteiger partial charge in [-0.3, -0.25) is 0 Å². The van der Waals surface area contributed by atoms with Crippen molar-refractivity contribution in [2.75, 3.05) is 0 Å². The van der Waals surface area contributed by atoms with Crippen LogP contribution in [0.4, 0.5) is 17.6 Å². The zero-order chi connectivity index (χ0) is 12.3. The van der Waals surface area contributed by atoms with Crippen LogP contribution in [0.5, 0.6) is 0 Å². The molecule has 0 amide bonds. The normalized spacial score (nSPS) is 13.9. The van der Waals surface area contributed by atoms with Crippen molar-refractivity contribution in [1.82, 2.24) is 0 Å². The molecule has 0 bridgehead atoms. The Labute approximate surface area is 96.2 Å². The standard InChI is InChI=1S/C11H11ClF4/c1-7(12)2-3-8-4-5-9(13)6-10(8)11(14,15)16/h4-7H,2-3H2,1H3. The summed E-state index contributed by atoms with van der Waals surface area (Å²) in [5, 5.41) is -0.203. The van der Waals surface area contributed by atoms with Crippen LogP contribution in [-0.2, 0) is 12.6 Å². The van der Waals surface area contributed by atoms with Crippen LogP contribution in [0.25, 0.3) is 0 Å². The second-order valence-corrected chi connectivity index (χ2v) is 4.36. The molecular weight excluding hydrogens is 244 g/mol. The third-order valence-corrected chi connectivity index (χ3v) is 2.41. The van der Waals surface area contributed by atoms with Gasteiger partial charge in [0.1, 0.15) is 5.82 Å². The van der Waals surface area contributed by atoms with Crippen molar-refractivity contribution in [3.05, 3.63) is 35.1 Å². The molecule has 1 aromatic carbocycles. The minimum absolute atomic E-state index is 0.0846. The van der Waals surface area contributed by atoms with Crippen LogP contribution in [0.1, 0.15) is 24.5 Å². The van der Waals surface area contributed by atoms with E-state index < -0.39 is 17.6 Å². The molecule has 90 valence electrons. The Morgan fingerprint density at radius 3 is 2.44 bits per heavy atom. The topological polar surface area (TPSA) is 0 Å². The van der Waals surface area contributed by atoms with Gasteiger partial charge in [-0.25, -0.2) is 4.39 Å². The first kappa shape index (κ1) is 13.3. The van der Waals surface area contributed by atoms with Crippen LogP contribution in [0.15, 0.2) is 18.2 Å². The van der Waals surface area contributed by atoms with Crippen molar-refractivity contribution in [3.63, 3.8) is 0 Å². The number of benzene rings is 1. The molecule has 0 aliphatic carbocycles. The molecule has 0 spiro atoms. The third kappa shape index (κ3) is 3.67. The predicted molar refractivity (Wildman–Crippen MR) is 55.0 cm³/mol. The van der Waals surface area contributed by atoms with E-state index >= 15 is 0 Å². The molecule has 0 aliphatic heterocycles. The number of hydrogen-bond donors (Lipinski definition) is 0. The van der Waals surface area contributed by atoms with E-state index in [1.807, 2.05) is 0 Å². The molecule has 0 aliphatic rings. The number of alkyl halides is 4. The Balaban J connectivity index is 2.99. The van der Waals surface area contributed by atoms with Gasteiger partial charge in [-0.1, -0.05) is 6.07 Å². The molecule has 1 aromatic rings. The summed E-state index contributed by atoms with van der Waals surface area (Å²) < 4.78 is 50.4. The fraction of sp³-hybridized carbons (Fsp3) is 0.455. The summed E-state index contributed by atoms with van der Waals surface area (Å²) in [7, 11) is 0. The predicted octanol–water partition coefficient (Wildman–Crippen LogP) is 4.40. The Bertz CT molecular complexity index is 357. The maximum absolute atomic E-state index is 12.8. The molecular formula is C11H11ClF4. The number of hydrogen-bond acceptors (Lipinski definition) is 0. The molecule has 0 saturated heterocycles. The summed E-state index contributed by atoms with van der Waals surface area (Å²) in [6.45, 7) is 1.71. The molecule has 0 aromatic heterocycles. The highest BCUT2D eigenvalue weighted by atomic mass is 35.5. The van der Waals surface area contributed by atoms with Crippen LogP contribution >= 0.6 is 11.6 Å². The number of halogens is 5. The maximum Gasteiger partial charge on any atom is 0.416 e. The van der Waals surface area contributed by atoms with Gasteiger partial charge in [0.25, 0.3) is 0 Å². The van der Waals surface area contributed by atoms with Crippen LogP contribution in [0, 0.1) is 5.82 Å². The first-order chi connectivity index (χ1) is 7.30. The minimum Gasteiger partial charge on any atom is -0.207 e. The zero-order valence-corrected chi connectivity index (χ0v) is 9.37. The molecule has 0 N–H and O–H groups in total. The average molecular weight is 255 g/mol. The van der Waals surface area contributed by atoms with Crippen LogP contribution in [-0.4, -0.2) is 5.38 Å². The van der Waals surface area contributed by atoms with Gasteiger partial charge < -0.3 is 0 Å². The molecule has 0 radical (unpaired) electrons. The minimum atomic E-state index is -4.52. The summed E-state index contributed by atoms with van der Waals surface area (Å²) in [5.74, 6) is -0.880. The lowest BCUT2D eigenvalue weighted by atomic mass is 10.0. The highest BCUT2D eigenvalue weighted by molar-refractivity contribution is 6.20. The lowest BCUT2D eigenvalue weighted by molar-refractivity contribution is -0.138. The van der Waals surface area contributed by atoms with E-state index in [1.54, 1.807) is 6.92 Å². The Morgan fingerprint density at radius 2 is 1.94 bits per heavy atom. The van der Waals surface area contributed by atoms with Crippen LogP contribution in [0.3, 0.4) is 0 Å². The fourth-order valence-corrected chi connectivity index (χ4v) is 1.49. The van der Waals surface area contributed by atoms with Gasteiger partial charge in [0, 0.05) is 5.38 Å². The largest absolute Gasteiger partial charge is 0.416 e. The lowest BCUT2D eigenvalue weighted by Gasteiger charge is -2.13. The molecule has 0 saturated carbocycles. The zero-order valence-electron chi connectivity index (χ0n) is 8.61. The molecule has 1 atom stereocenters. The maximum atomic E-state index is 12.8. The second kappa shape index (κ2) is 5.04. The Kier molecular flexibility index (Phi) is 4.19. The number of rotatable bonds is 3. The van der Waals surface area contributed by atoms with Crippen molar-refractivity contribution in [2.24, 2.45) is 0 Å². The molecule has 1 rings (SSSR count). The highest BCUT2D eigenvalue weighted by Crippen LogP contribution is 2.33. The van der Waals surface area contributed by atoms with E-state index in [0.717, 1.165) is 12.1 Å². The van der Waals surface area contributed by atoms with Crippen molar-refractivity contribution in [3.8, 4) is 0 Å². The average Bonchev–Trinajstić information content (AvgIpc) is 2.14. The smallest absolute Gasteiger partial charge is 0.207 e. The van der Waals surface area contributed by atoms with Crippen molar-refractivity contribution in [1.29, 1.82) is 0 Å². The van der Waals surface area contributed by atoms with Crippen molar-refractivity contribution >= 4 is 11.6 Å². The van der Waals surface area contributed by atoms with E-state index in [9.17, 15) is 17.6 Å². The summed E-state index contributed by atoms with van der Waals surface area (Å²) in [4.78, 5) is 0. The molecule has 5 heteroatoms. The summed E-state index contributed by atoms with van der Waals surface area (Å²) in [6.07, 6.45) is -3.90. The summed E-state index contributed by atoms with van der Waals surface area (Å²) >= 11 is 5.67. The van der Waals surface area contributed by atoms with Gasteiger partial charge in [-0.05, 0) is 37.5 Å². The Morgan fingerprint density at radius 1 is 1.31 bits per heavy atom. The first-order valence-electron chi connectivity index (χ1n) is 4.80. The molecule has 0 nitrogen and oxygen atoms in total. The highest BCUT2D eigenvalue weighted by Gasteiger charge is 2.33. The first-order valence-corrected chi connectivity index (χ1v) is 5.24. The van der Waals surface area contributed by atoms with Gasteiger partial charge in [-0.2, -0.15) is 13.2 Å². The van der Waals surface area contributed by atoms with Gasteiger partial charge in [0.2, 0.25) is 0 Å². The van der Waals surface area contributed by atoms with Gasteiger partial charge in [-0.15, -0.1) is 11.6 Å². The van der Waals surface area contributed by atoms with E-state index in [4.69, 9.17) is 11.6 Å². The van der Waals surface area contributed by atoms with Gasteiger partial charge in [0.15, 0.2) is 0 Å². The quantitative estimate of drug-likeness (QED) is 0.554. The molecule has 0 heterocycles. The van der Waals surface area contributed by atoms with E-state index in [2.05, 4.69) is 0 Å². The molecule has 0 fully saturated rings. The second-order valence-electron chi connectivity index (χ2n) is 3.62. The Hall–Kier alpha value is -0.770. The summed E-state index contributed by atoms with van der Waals surface area (Å²) in [5.41, 5.74) is -0.828.